The van der Waals surface area contributed by atoms with Crippen molar-refractivity contribution in [1.29, 1.82) is 5.26 Å². The molecule has 0 spiro atoms. The van der Waals surface area contributed by atoms with Crippen LogP contribution in [0.1, 0.15) is 79.2 Å². The summed E-state index contributed by atoms with van der Waals surface area (Å²) in [7, 11) is 1.62. The van der Waals surface area contributed by atoms with Gasteiger partial charge in [-0.3, -0.25) is 4.79 Å². The smallest absolute Gasteiger partial charge is 0.410 e. The van der Waals surface area contributed by atoms with Crippen molar-refractivity contribution in [2.45, 2.75) is 58.5 Å². The number of rotatable bonds is 2. The first kappa shape index (κ1) is 24.8. The summed E-state index contributed by atoms with van der Waals surface area (Å²) in [5.74, 6) is 0.660. The molecular weight excluding hydrogens is 464 g/mol. The average Bonchev–Trinajstić information content (AvgIpc) is 3.26. The van der Waals surface area contributed by atoms with E-state index in [-0.39, 0.29) is 17.3 Å². The summed E-state index contributed by atoms with van der Waals surface area (Å²) in [6.45, 7) is 10.9. The van der Waals surface area contributed by atoms with Crippen molar-refractivity contribution < 1.29 is 19.1 Å². The van der Waals surface area contributed by atoms with Gasteiger partial charge < -0.3 is 14.4 Å². The summed E-state index contributed by atoms with van der Waals surface area (Å²) in [6, 6.07) is 11.8. The topological polar surface area (TPSA) is 79.6 Å². The lowest BCUT2D eigenvalue weighted by atomic mass is 9.67. The molecule has 0 bridgehead atoms. The van der Waals surface area contributed by atoms with Gasteiger partial charge in [0.2, 0.25) is 0 Å². The molecule has 0 saturated carbocycles. The van der Waals surface area contributed by atoms with Crippen molar-refractivity contribution in [3.8, 4) is 11.8 Å². The minimum Gasteiger partial charge on any atom is -0.496 e. The van der Waals surface area contributed by atoms with Crippen LogP contribution in [0.3, 0.4) is 0 Å². The van der Waals surface area contributed by atoms with Gasteiger partial charge in [0.25, 0.3) is 0 Å². The number of benzene rings is 2. The maximum Gasteiger partial charge on any atom is 0.410 e. The van der Waals surface area contributed by atoms with E-state index in [2.05, 4.69) is 32.1 Å². The number of hydrogen-bond donors (Lipinski definition) is 0. The van der Waals surface area contributed by atoms with Crippen LogP contribution in [0.2, 0.25) is 0 Å². The molecule has 5 rings (SSSR count). The zero-order valence-electron chi connectivity index (χ0n) is 22.3. The zero-order valence-corrected chi connectivity index (χ0v) is 22.3. The largest absolute Gasteiger partial charge is 0.496 e. The molecule has 2 aromatic rings. The number of carbonyl (C=O) groups is 2. The Morgan fingerprint density at radius 2 is 1.86 bits per heavy atom. The van der Waals surface area contributed by atoms with E-state index >= 15 is 0 Å². The molecule has 0 fully saturated rings. The second kappa shape index (κ2) is 8.62. The summed E-state index contributed by atoms with van der Waals surface area (Å²) >= 11 is 0. The Balaban J connectivity index is 1.52. The fourth-order valence-corrected chi connectivity index (χ4v) is 5.70. The summed E-state index contributed by atoms with van der Waals surface area (Å²) in [4.78, 5) is 28.1. The van der Waals surface area contributed by atoms with E-state index in [4.69, 9.17) is 9.47 Å². The lowest BCUT2D eigenvalue weighted by Gasteiger charge is -2.36. The van der Waals surface area contributed by atoms with E-state index in [1.165, 1.54) is 0 Å². The fraction of sp³-hybridized carbons (Fsp3) is 0.387. The molecule has 1 heterocycles. The first-order valence-corrected chi connectivity index (χ1v) is 12.7. The number of methoxy groups -OCH3 is 1. The van der Waals surface area contributed by atoms with Gasteiger partial charge >= 0.3 is 6.09 Å². The van der Waals surface area contributed by atoms with Gasteiger partial charge in [-0.1, -0.05) is 26.0 Å². The third-order valence-electron chi connectivity index (χ3n) is 7.62. The summed E-state index contributed by atoms with van der Waals surface area (Å²) < 4.78 is 11.3. The SMILES string of the molecule is COc1cc2c(cc1C1=CCN(C(=O)OC(C)(C)C)CC1)C(C)(C)C1=C(C2=O)c2ccc(C#N)cc2C1. The highest BCUT2D eigenvalue weighted by Crippen LogP contribution is 2.51. The molecule has 1 amide bonds. The molecule has 37 heavy (non-hydrogen) atoms. The maximum absolute atomic E-state index is 13.8. The molecule has 6 nitrogen and oxygen atoms in total. The van der Waals surface area contributed by atoms with Crippen LogP contribution in [-0.4, -0.2) is 42.6 Å². The lowest BCUT2D eigenvalue weighted by Crippen LogP contribution is -2.39. The number of ketones is 1. The zero-order chi connectivity index (χ0) is 26.7. The van der Waals surface area contributed by atoms with Crippen molar-refractivity contribution in [3.63, 3.8) is 0 Å². The van der Waals surface area contributed by atoms with Crippen LogP contribution in [0.15, 0.2) is 42.0 Å². The van der Waals surface area contributed by atoms with Crippen LogP contribution >= 0.6 is 0 Å². The van der Waals surface area contributed by atoms with Crippen molar-refractivity contribution in [1.82, 2.24) is 4.90 Å². The van der Waals surface area contributed by atoms with Crippen molar-refractivity contribution in [3.05, 3.63) is 75.4 Å². The van der Waals surface area contributed by atoms with Gasteiger partial charge in [-0.2, -0.15) is 5.26 Å². The number of ether oxygens (including phenoxy) is 2. The molecule has 0 radical (unpaired) electrons. The Bertz CT molecular complexity index is 1450. The Morgan fingerprint density at radius 3 is 2.49 bits per heavy atom. The van der Waals surface area contributed by atoms with Crippen molar-refractivity contribution in [2.75, 3.05) is 20.2 Å². The number of allylic oxidation sites excluding steroid dienone is 2. The second-order valence-electron chi connectivity index (χ2n) is 11.5. The maximum atomic E-state index is 13.8. The quantitative estimate of drug-likeness (QED) is 0.504. The normalized spacial score (nSPS) is 17.9. The summed E-state index contributed by atoms with van der Waals surface area (Å²) in [6.07, 6.45) is 3.06. The molecule has 6 heteroatoms. The molecule has 0 aromatic heterocycles. The van der Waals surface area contributed by atoms with Gasteiger partial charge in [-0.25, -0.2) is 4.79 Å². The Morgan fingerprint density at radius 1 is 1.11 bits per heavy atom. The van der Waals surface area contributed by atoms with E-state index in [9.17, 15) is 14.9 Å². The van der Waals surface area contributed by atoms with E-state index in [1.54, 1.807) is 18.1 Å². The fourth-order valence-electron chi connectivity index (χ4n) is 5.70. The number of fused-ring (bicyclic) bond motifs is 3. The van der Waals surface area contributed by atoms with Gasteiger partial charge in [-0.05, 0) is 85.7 Å². The van der Waals surface area contributed by atoms with E-state index < -0.39 is 5.60 Å². The minimum atomic E-state index is -0.537. The predicted molar refractivity (Wildman–Crippen MR) is 143 cm³/mol. The van der Waals surface area contributed by atoms with Gasteiger partial charge in [0.15, 0.2) is 5.78 Å². The van der Waals surface area contributed by atoms with Gasteiger partial charge in [0, 0.05) is 35.2 Å². The van der Waals surface area contributed by atoms with E-state index in [0.717, 1.165) is 39.0 Å². The van der Waals surface area contributed by atoms with E-state index in [1.807, 2.05) is 39.0 Å². The third-order valence-corrected chi connectivity index (χ3v) is 7.62. The van der Waals surface area contributed by atoms with Crippen LogP contribution in [0, 0.1) is 11.3 Å². The minimum absolute atomic E-state index is 0.00589. The van der Waals surface area contributed by atoms with Crippen molar-refractivity contribution in [2.24, 2.45) is 0 Å². The van der Waals surface area contributed by atoms with Gasteiger partial charge in [-0.15, -0.1) is 0 Å². The molecule has 0 N–H and O–H groups in total. The van der Waals surface area contributed by atoms with Crippen LogP contribution in [0.25, 0.3) is 11.1 Å². The molecule has 3 aliphatic rings. The third kappa shape index (κ3) is 4.13. The molecule has 0 atom stereocenters. The molecular formula is C31H32N2O4. The Labute approximate surface area is 218 Å². The molecule has 0 unspecified atom stereocenters. The number of hydrogen-bond acceptors (Lipinski definition) is 5. The highest BCUT2D eigenvalue weighted by atomic mass is 16.6. The Kier molecular flexibility index (Phi) is 5.79. The second-order valence-corrected chi connectivity index (χ2v) is 11.5. The standard InChI is InChI=1S/C31H32N2O4/c1-30(2,3)37-29(35)33-11-9-19(10-12-33)22-15-24-23(16-26(22)36-6)28(34)27-21-8-7-18(17-32)13-20(21)14-25(27)31(24,4)5/h7-9,13,15-16H,10-12,14H2,1-6H3. The molecule has 2 aliphatic carbocycles. The van der Waals surface area contributed by atoms with Gasteiger partial charge in [0.1, 0.15) is 11.4 Å². The first-order valence-electron chi connectivity index (χ1n) is 12.7. The van der Waals surface area contributed by atoms with Crippen LogP contribution in [-0.2, 0) is 16.6 Å². The number of carbonyl (C=O) groups excluding carboxylic acids is 2. The monoisotopic (exact) mass is 496 g/mol. The molecule has 1 aliphatic heterocycles. The molecule has 0 saturated heterocycles. The number of nitrogens with zero attached hydrogens (tertiary/aromatic N) is 2. The molecule has 190 valence electrons. The first-order chi connectivity index (χ1) is 17.4. The van der Waals surface area contributed by atoms with Crippen LogP contribution in [0.5, 0.6) is 5.75 Å². The highest BCUT2D eigenvalue weighted by molar-refractivity contribution is 6.33. The van der Waals surface area contributed by atoms with E-state index in [0.29, 0.717) is 42.8 Å². The highest BCUT2D eigenvalue weighted by Gasteiger charge is 2.43. The number of amides is 1. The number of Topliss-reactive ketones (excluding diaryl/α,β-unsaturated/α-hetero) is 1. The average molecular weight is 497 g/mol. The predicted octanol–water partition coefficient (Wildman–Crippen LogP) is 6.07. The Hall–Kier alpha value is -3.85. The van der Waals surface area contributed by atoms with Gasteiger partial charge in [0.05, 0.1) is 18.7 Å². The lowest BCUT2D eigenvalue weighted by molar-refractivity contribution is 0.0270. The summed E-state index contributed by atoms with van der Waals surface area (Å²) in [5.41, 5.74) is 7.21. The van der Waals surface area contributed by atoms with Crippen molar-refractivity contribution >= 4 is 23.0 Å². The van der Waals surface area contributed by atoms with Crippen LogP contribution < -0.4 is 4.74 Å². The van der Waals surface area contributed by atoms with Crippen LogP contribution in [0.4, 0.5) is 4.79 Å². The summed E-state index contributed by atoms with van der Waals surface area (Å²) in [5, 5.41) is 9.35. The molecule has 2 aromatic carbocycles. The number of nitriles is 1.